The molecule has 1 aliphatic rings. The molecule has 0 bridgehead atoms. The number of ether oxygens (including phenoxy) is 1. The Kier molecular flexibility index (Phi) is 7.26. The van der Waals surface area contributed by atoms with Crippen LogP contribution in [0.15, 0.2) is 58.3 Å². The molecule has 0 aromatic heterocycles. The Morgan fingerprint density at radius 2 is 1.62 bits per heavy atom. The number of amides is 1. The Bertz CT molecular complexity index is 1160. The first-order valence-electron chi connectivity index (χ1n) is 9.85. The zero-order valence-electron chi connectivity index (χ0n) is 17.4. The minimum Gasteiger partial charge on any atom is -0.497 e. The van der Waals surface area contributed by atoms with Gasteiger partial charge in [0.15, 0.2) is 0 Å². The van der Waals surface area contributed by atoms with Crippen molar-refractivity contribution in [2.75, 3.05) is 31.5 Å². The fourth-order valence-electron chi connectivity index (χ4n) is 3.32. The van der Waals surface area contributed by atoms with Crippen LogP contribution in [0.3, 0.4) is 0 Å². The second-order valence-electron chi connectivity index (χ2n) is 7.37. The maximum atomic E-state index is 12.7. The van der Waals surface area contributed by atoms with Crippen molar-refractivity contribution in [1.29, 1.82) is 0 Å². The average Bonchev–Trinajstić information content (AvgIpc) is 2.78. The van der Waals surface area contributed by atoms with E-state index in [1.54, 1.807) is 12.1 Å². The van der Waals surface area contributed by atoms with Crippen molar-refractivity contribution in [3.63, 3.8) is 0 Å². The van der Waals surface area contributed by atoms with Gasteiger partial charge in [-0.1, -0.05) is 6.07 Å². The molecule has 12 heteroatoms. The van der Waals surface area contributed by atoms with E-state index < -0.39 is 26.1 Å². The molecule has 32 heavy (non-hydrogen) atoms. The van der Waals surface area contributed by atoms with Crippen LogP contribution in [0.5, 0.6) is 5.75 Å². The molecular weight excluding hydrogens is 458 g/mol. The molecule has 0 saturated carbocycles. The third-order valence-electron chi connectivity index (χ3n) is 5.22. The summed E-state index contributed by atoms with van der Waals surface area (Å²) in [6.45, 7) is 0.857. The minimum absolute atomic E-state index is 0.00373. The van der Waals surface area contributed by atoms with Crippen LogP contribution in [-0.4, -0.2) is 59.7 Å². The molecule has 0 aliphatic carbocycles. The van der Waals surface area contributed by atoms with Crippen LogP contribution in [0.25, 0.3) is 0 Å². The number of piperidine rings is 1. The summed E-state index contributed by atoms with van der Waals surface area (Å²) in [4.78, 5) is 11.9. The standard InChI is InChI=1S/C20H25N3O7S2/c1-30-17-7-5-16(6-8-17)22-32(28,29)19-4-2-3-18(13-19)31(26,27)21-14-15-9-11-23(12-10-15)20(24)25/h2-8,13,15,21-22H,9-12,14H2,1H3,(H,24,25). The molecule has 1 fully saturated rings. The highest BCUT2D eigenvalue weighted by Crippen LogP contribution is 2.22. The number of nitrogens with zero attached hydrogens (tertiary/aromatic N) is 1. The number of carboxylic acid groups (broad SMARTS) is 1. The zero-order chi connectivity index (χ0) is 23.4. The fourth-order valence-corrected chi connectivity index (χ4v) is 5.66. The summed E-state index contributed by atoms with van der Waals surface area (Å²) in [7, 11) is -6.45. The molecule has 1 amide bonds. The van der Waals surface area contributed by atoms with Gasteiger partial charge in [-0.3, -0.25) is 4.72 Å². The van der Waals surface area contributed by atoms with Gasteiger partial charge in [0.1, 0.15) is 5.75 Å². The summed E-state index contributed by atoms with van der Waals surface area (Å²) in [6, 6.07) is 11.4. The summed E-state index contributed by atoms with van der Waals surface area (Å²) in [6.07, 6.45) is 0.120. The van der Waals surface area contributed by atoms with Gasteiger partial charge < -0.3 is 14.7 Å². The molecule has 1 saturated heterocycles. The van der Waals surface area contributed by atoms with Gasteiger partial charge in [0.2, 0.25) is 10.0 Å². The number of nitrogens with one attached hydrogen (secondary N) is 2. The number of benzene rings is 2. The van der Waals surface area contributed by atoms with Crippen LogP contribution in [0, 0.1) is 5.92 Å². The number of sulfonamides is 2. The summed E-state index contributed by atoms with van der Waals surface area (Å²) >= 11 is 0. The average molecular weight is 484 g/mol. The lowest BCUT2D eigenvalue weighted by molar-refractivity contribution is 0.125. The third-order valence-corrected chi connectivity index (χ3v) is 8.02. The first-order chi connectivity index (χ1) is 15.1. The Labute approximate surface area is 187 Å². The molecule has 3 N–H and O–H groups in total. The summed E-state index contributed by atoms with van der Waals surface area (Å²) in [5, 5.41) is 9.00. The molecule has 0 unspecified atom stereocenters. The molecule has 1 heterocycles. The van der Waals surface area contributed by atoms with E-state index in [1.165, 1.54) is 42.3 Å². The first-order valence-corrected chi connectivity index (χ1v) is 12.8. The van der Waals surface area contributed by atoms with E-state index in [1.807, 2.05) is 0 Å². The SMILES string of the molecule is COc1ccc(NS(=O)(=O)c2cccc(S(=O)(=O)NCC3CCN(C(=O)O)CC3)c2)cc1. The lowest BCUT2D eigenvalue weighted by Gasteiger charge is -2.29. The molecule has 2 aromatic carbocycles. The lowest BCUT2D eigenvalue weighted by atomic mass is 9.97. The van der Waals surface area contributed by atoms with Gasteiger partial charge in [0.05, 0.1) is 16.9 Å². The van der Waals surface area contributed by atoms with Crippen molar-refractivity contribution in [2.45, 2.75) is 22.6 Å². The van der Waals surface area contributed by atoms with E-state index in [0.717, 1.165) is 6.07 Å². The molecule has 1 aliphatic heterocycles. The highest BCUT2D eigenvalue weighted by atomic mass is 32.2. The van der Waals surface area contributed by atoms with Gasteiger partial charge in [-0.25, -0.2) is 26.4 Å². The quantitative estimate of drug-likeness (QED) is 0.522. The van der Waals surface area contributed by atoms with Gasteiger partial charge in [-0.15, -0.1) is 0 Å². The molecule has 0 radical (unpaired) electrons. The summed E-state index contributed by atoms with van der Waals surface area (Å²) in [5.74, 6) is 0.574. The van der Waals surface area contributed by atoms with Crippen molar-refractivity contribution in [3.8, 4) is 5.75 Å². The maximum Gasteiger partial charge on any atom is 0.407 e. The smallest absolute Gasteiger partial charge is 0.407 e. The van der Waals surface area contributed by atoms with Gasteiger partial charge in [0.25, 0.3) is 10.0 Å². The van der Waals surface area contributed by atoms with E-state index in [0.29, 0.717) is 37.4 Å². The number of likely N-dealkylation sites (tertiary alicyclic amines) is 1. The fraction of sp³-hybridized carbons (Fsp3) is 0.350. The van der Waals surface area contributed by atoms with Gasteiger partial charge >= 0.3 is 6.09 Å². The van der Waals surface area contributed by atoms with Crippen molar-refractivity contribution < 1.29 is 31.5 Å². The Morgan fingerprint density at radius 1 is 1.03 bits per heavy atom. The summed E-state index contributed by atoms with van der Waals surface area (Å²) < 4.78 is 60.8. The number of hydrogen-bond donors (Lipinski definition) is 3. The number of hydrogen-bond acceptors (Lipinski definition) is 6. The van der Waals surface area contributed by atoms with E-state index >= 15 is 0 Å². The van der Waals surface area contributed by atoms with Crippen LogP contribution in [0.4, 0.5) is 10.5 Å². The lowest BCUT2D eigenvalue weighted by Crippen LogP contribution is -2.40. The van der Waals surface area contributed by atoms with E-state index in [4.69, 9.17) is 9.84 Å². The van der Waals surface area contributed by atoms with E-state index in [2.05, 4.69) is 9.44 Å². The second-order valence-corrected chi connectivity index (χ2v) is 10.8. The number of anilines is 1. The molecule has 3 rings (SSSR count). The van der Waals surface area contributed by atoms with Gasteiger partial charge in [-0.2, -0.15) is 0 Å². The van der Waals surface area contributed by atoms with Crippen molar-refractivity contribution in [1.82, 2.24) is 9.62 Å². The topological polar surface area (TPSA) is 142 Å². The first kappa shape index (κ1) is 23.8. The molecule has 0 atom stereocenters. The highest BCUT2D eigenvalue weighted by molar-refractivity contribution is 7.93. The van der Waals surface area contributed by atoms with Crippen LogP contribution in [0.1, 0.15) is 12.8 Å². The van der Waals surface area contributed by atoms with Crippen LogP contribution in [-0.2, 0) is 20.0 Å². The largest absolute Gasteiger partial charge is 0.497 e. The van der Waals surface area contributed by atoms with Gasteiger partial charge in [-0.05, 0) is 61.2 Å². The molecule has 10 nitrogen and oxygen atoms in total. The third kappa shape index (κ3) is 5.90. The Balaban J connectivity index is 1.67. The maximum absolute atomic E-state index is 12.7. The number of carbonyl (C=O) groups is 1. The van der Waals surface area contributed by atoms with Crippen LogP contribution < -0.4 is 14.2 Å². The van der Waals surface area contributed by atoms with E-state index in [9.17, 15) is 21.6 Å². The molecule has 174 valence electrons. The number of methoxy groups -OCH3 is 1. The second kappa shape index (κ2) is 9.76. The summed E-state index contributed by atoms with van der Waals surface area (Å²) in [5.41, 5.74) is 0.310. The Morgan fingerprint density at radius 3 is 2.19 bits per heavy atom. The predicted molar refractivity (Wildman–Crippen MR) is 118 cm³/mol. The zero-order valence-corrected chi connectivity index (χ0v) is 19.0. The Hall–Kier alpha value is -2.83. The van der Waals surface area contributed by atoms with Crippen LogP contribution >= 0.6 is 0 Å². The van der Waals surface area contributed by atoms with E-state index in [-0.39, 0.29) is 22.3 Å². The molecule has 2 aromatic rings. The minimum atomic E-state index is -4.01. The normalized spacial score (nSPS) is 15.3. The van der Waals surface area contributed by atoms with Crippen molar-refractivity contribution >= 4 is 31.8 Å². The van der Waals surface area contributed by atoms with Crippen LogP contribution in [0.2, 0.25) is 0 Å². The van der Waals surface area contributed by atoms with Crippen molar-refractivity contribution in [2.24, 2.45) is 5.92 Å². The van der Waals surface area contributed by atoms with Gasteiger partial charge in [0, 0.05) is 25.3 Å². The molecule has 0 spiro atoms. The number of rotatable bonds is 8. The molecular formula is C20H25N3O7S2. The predicted octanol–water partition coefficient (Wildman–Crippen LogP) is 2.16. The van der Waals surface area contributed by atoms with Crippen molar-refractivity contribution in [3.05, 3.63) is 48.5 Å². The highest BCUT2D eigenvalue weighted by Gasteiger charge is 2.25. The monoisotopic (exact) mass is 483 g/mol.